The first-order valence-electron chi connectivity index (χ1n) is 8.11. The van der Waals surface area contributed by atoms with Gasteiger partial charge in [0.05, 0.1) is 6.61 Å². The van der Waals surface area contributed by atoms with Crippen LogP contribution < -0.4 is 0 Å². The fraction of sp³-hybridized carbons (Fsp3) is 1.00. The van der Waals surface area contributed by atoms with E-state index < -0.39 is 14.8 Å². The smallest absolute Gasteiger partial charge is 0.193 e. The third-order valence-corrected chi connectivity index (χ3v) is 4.69. The van der Waals surface area contributed by atoms with Crippen LogP contribution >= 0.6 is 0 Å². The van der Waals surface area contributed by atoms with Gasteiger partial charge in [0.25, 0.3) is 0 Å². The van der Waals surface area contributed by atoms with Crippen LogP contribution in [0.2, 0.25) is 13.1 Å². The van der Waals surface area contributed by atoms with Crippen LogP contribution in [-0.2, 0) is 13.9 Å². The average Bonchev–Trinajstić information content (AvgIpc) is 2.43. The van der Waals surface area contributed by atoms with E-state index >= 15 is 0 Å². The molecule has 4 nitrogen and oxygen atoms in total. The lowest BCUT2D eigenvalue weighted by atomic mass is 9.95. The van der Waals surface area contributed by atoms with Crippen molar-refractivity contribution in [2.75, 3.05) is 13.2 Å². The maximum absolute atomic E-state index is 10.9. The van der Waals surface area contributed by atoms with Crippen LogP contribution in [0.15, 0.2) is 0 Å². The molecule has 0 aromatic heterocycles. The highest BCUT2D eigenvalue weighted by Crippen LogP contribution is 2.29. The fourth-order valence-electron chi connectivity index (χ4n) is 2.35. The molecule has 1 N–H and O–H groups in total. The van der Waals surface area contributed by atoms with Gasteiger partial charge in [0.2, 0.25) is 0 Å². The molecule has 1 saturated heterocycles. The maximum atomic E-state index is 10.9. The molecule has 0 aliphatic carbocycles. The molecule has 20 heavy (non-hydrogen) atoms. The zero-order valence-corrected chi connectivity index (χ0v) is 14.7. The molecule has 1 aliphatic rings. The molecule has 0 aromatic rings. The zero-order chi connectivity index (χ0) is 15.0. The van der Waals surface area contributed by atoms with Gasteiger partial charge in [-0.15, -0.1) is 0 Å². The van der Waals surface area contributed by atoms with Crippen molar-refractivity contribution in [3.8, 4) is 0 Å². The average molecular weight is 305 g/mol. The van der Waals surface area contributed by atoms with Crippen molar-refractivity contribution in [1.82, 2.24) is 0 Å². The van der Waals surface area contributed by atoms with Gasteiger partial charge in [-0.05, 0) is 38.8 Å². The Morgan fingerprint density at radius 2 is 2.15 bits per heavy atom. The van der Waals surface area contributed by atoms with Crippen molar-refractivity contribution < 1.29 is 19.0 Å². The summed E-state index contributed by atoms with van der Waals surface area (Å²) in [5.74, 6) is -1.16. The van der Waals surface area contributed by atoms with Gasteiger partial charge >= 0.3 is 0 Å². The molecule has 5 heteroatoms. The summed E-state index contributed by atoms with van der Waals surface area (Å²) in [5, 5.41) is 10.9. The van der Waals surface area contributed by atoms with Crippen molar-refractivity contribution >= 4 is 9.04 Å². The number of unbranched alkanes of at least 4 members (excludes halogenated alkanes) is 1. The minimum absolute atomic E-state index is 0.0562. The minimum atomic E-state index is -1.21. The fourth-order valence-corrected chi connectivity index (χ4v) is 2.92. The molecule has 3 unspecified atom stereocenters. The molecular weight excluding hydrogens is 272 g/mol. The van der Waals surface area contributed by atoms with Gasteiger partial charge in [0, 0.05) is 12.5 Å². The van der Waals surface area contributed by atoms with E-state index in [2.05, 4.69) is 20.0 Å². The molecule has 1 rings (SSSR count). The van der Waals surface area contributed by atoms with Crippen LogP contribution in [0.4, 0.5) is 0 Å². The van der Waals surface area contributed by atoms with E-state index in [-0.39, 0.29) is 18.8 Å². The Morgan fingerprint density at radius 1 is 1.40 bits per heavy atom. The largest absolute Gasteiger partial charge is 0.415 e. The lowest BCUT2D eigenvalue weighted by Gasteiger charge is -2.38. The van der Waals surface area contributed by atoms with E-state index in [1.165, 1.54) is 0 Å². The normalized spacial score (nSPS) is 24.6. The Hall–Kier alpha value is 0.0569. The lowest BCUT2D eigenvalue weighted by Crippen LogP contribution is -2.48. The molecule has 0 amide bonds. The van der Waals surface area contributed by atoms with E-state index in [1.54, 1.807) is 0 Å². The molecule has 1 heterocycles. The van der Waals surface area contributed by atoms with Crippen molar-refractivity contribution in [2.45, 2.75) is 77.5 Å². The van der Waals surface area contributed by atoms with Crippen LogP contribution in [0.3, 0.4) is 0 Å². The number of rotatable bonds is 9. The van der Waals surface area contributed by atoms with E-state index in [9.17, 15) is 5.11 Å². The molecule has 0 radical (unpaired) electrons. The summed E-state index contributed by atoms with van der Waals surface area (Å²) in [6, 6.07) is 0. The predicted octanol–water partition coefficient (Wildman–Crippen LogP) is 3.04. The van der Waals surface area contributed by atoms with Crippen LogP contribution in [0.25, 0.3) is 0 Å². The van der Waals surface area contributed by atoms with E-state index in [1.807, 2.05) is 6.92 Å². The molecule has 0 aromatic carbocycles. The van der Waals surface area contributed by atoms with Crippen molar-refractivity contribution in [2.24, 2.45) is 5.92 Å². The van der Waals surface area contributed by atoms with Gasteiger partial charge in [-0.25, -0.2) is 0 Å². The molecule has 0 saturated carbocycles. The molecule has 120 valence electrons. The molecule has 0 bridgehead atoms. The quantitative estimate of drug-likeness (QED) is 0.525. The summed E-state index contributed by atoms with van der Waals surface area (Å²) in [6.07, 6.45) is 5.93. The van der Waals surface area contributed by atoms with Crippen molar-refractivity contribution in [3.05, 3.63) is 0 Å². The third kappa shape index (κ3) is 6.22. The summed E-state index contributed by atoms with van der Waals surface area (Å²) in [6.45, 7) is 9.41. The summed E-state index contributed by atoms with van der Waals surface area (Å²) >= 11 is 0. The summed E-state index contributed by atoms with van der Waals surface area (Å²) in [7, 11) is -1.18. The minimum Gasteiger partial charge on any atom is -0.415 e. The van der Waals surface area contributed by atoms with Crippen molar-refractivity contribution in [3.63, 3.8) is 0 Å². The Balaban J connectivity index is 2.60. The molecule has 1 fully saturated rings. The van der Waals surface area contributed by atoms with E-state index in [4.69, 9.17) is 13.9 Å². The van der Waals surface area contributed by atoms with Gasteiger partial charge in [0.1, 0.15) is 0 Å². The van der Waals surface area contributed by atoms with Gasteiger partial charge in [-0.2, -0.15) is 0 Å². The lowest BCUT2D eigenvalue weighted by molar-refractivity contribution is -0.326. The second-order valence-corrected chi connectivity index (χ2v) is 8.59. The summed E-state index contributed by atoms with van der Waals surface area (Å²) in [4.78, 5) is 0. The molecule has 0 spiro atoms. The molecule has 3 atom stereocenters. The molecular formula is C15H32O4Si. The first-order valence-corrected chi connectivity index (χ1v) is 10.9. The number of aliphatic hydroxyl groups is 1. The van der Waals surface area contributed by atoms with Crippen LogP contribution in [-0.4, -0.2) is 39.4 Å². The summed E-state index contributed by atoms with van der Waals surface area (Å²) < 4.78 is 17.3. The van der Waals surface area contributed by atoms with Gasteiger partial charge in [0.15, 0.2) is 21.1 Å². The number of ether oxygens (including phenoxy) is 2. The van der Waals surface area contributed by atoms with Crippen molar-refractivity contribution in [1.29, 1.82) is 0 Å². The second-order valence-electron chi connectivity index (χ2n) is 6.16. The highest BCUT2D eigenvalue weighted by atomic mass is 28.3. The van der Waals surface area contributed by atoms with Crippen LogP contribution in [0, 0.1) is 5.92 Å². The van der Waals surface area contributed by atoms with Crippen LogP contribution in [0.5, 0.6) is 0 Å². The van der Waals surface area contributed by atoms with E-state index in [0.717, 1.165) is 45.1 Å². The van der Waals surface area contributed by atoms with Crippen LogP contribution in [0.1, 0.15) is 52.4 Å². The van der Waals surface area contributed by atoms with Gasteiger partial charge in [-0.1, -0.05) is 26.7 Å². The number of hydrogen-bond donors (Lipinski definition) is 1. The zero-order valence-electron chi connectivity index (χ0n) is 13.6. The second kappa shape index (κ2) is 9.15. The maximum Gasteiger partial charge on any atom is 0.193 e. The topological polar surface area (TPSA) is 47.9 Å². The van der Waals surface area contributed by atoms with E-state index in [0.29, 0.717) is 0 Å². The number of hydrogen-bond acceptors (Lipinski definition) is 4. The standard InChI is InChI=1S/C15H32O4Si/c1-5-6-9-13(2)15(16,12-18-20(3)4)19-14-10-7-8-11-17-14/h13-14,16,20H,5-12H2,1-4H3. The van der Waals surface area contributed by atoms with Gasteiger partial charge < -0.3 is 19.0 Å². The Labute approximate surface area is 125 Å². The Kier molecular flexibility index (Phi) is 8.29. The molecule has 1 aliphatic heterocycles. The Morgan fingerprint density at radius 3 is 2.70 bits per heavy atom. The first kappa shape index (κ1) is 18.1. The Bertz CT molecular complexity index is 256. The highest BCUT2D eigenvalue weighted by Gasteiger charge is 2.38. The predicted molar refractivity (Wildman–Crippen MR) is 83.1 cm³/mol. The first-order chi connectivity index (χ1) is 9.48. The summed E-state index contributed by atoms with van der Waals surface area (Å²) in [5.41, 5.74) is 0. The highest BCUT2D eigenvalue weighted by molar-refractivity contribution is 6.48. The monoisotopic (exact) mass is 304 g/mol. The SMILES string of the molecule is CCCCC(C)C(O)(CO[SiH](C)C)OC1CCCCO1. The van der Waals surface area contributed by atoms with Gasteiger partial charge in [-0.3, -0.25) is 0 Å². The third-order valence-electron chi connectivity index (χ3n) is 3.86.